The Morgan fingerprint density at radius 3 is 2.62 bits per heavy atom. The lowest BCUT2D eigenvalue weighted by Gasteiger charge is -2.28. The fourth-order valence-electron chi connectivity index (χ4n) is 2.70. The van der Waals surface area contributed by atoms with Crippen LogP contribution in [0.1, 0.15) is 51.9 Å². The molecule has 13 heavy (non-hydrogen) atoms. The van der Waals surface area contributed by atoms with Crippen molar-refractivity contribution in [3.05, 3.63) is 11.6 Å². The van der Waals surface area contributed by atoms with Crippen molar-refractivity contribution < 1.29 is 4.79 Å². The van der Waals surface area contributed by atoms with Crippen LogP contribution in [-0.4, -0.2) is 5.78 Å². The molecule has 0 aromatic heterocycles. The van der Waals surface area contributed by atoms with Crippen molar-refractivity contribution in [3.8, 4) is 0 Å². The van der Waals surface area contributed by atoms with E-state index in [9.17, 15) is 4.79 Å². The van der Waals surface area contributed by atoms with E-state index in [1.54, 1.807) is 0 Å². The summed E-state index contributed by atoms with van der Waals surface area (Å²) in [6.45, 7) is 2.15. The van der Waals surface area contributed by atoms with E-state index in [2.05, 4.69) is 13.0 Å². The molecular formula is C12H18O. The maximum absolute atomic E-state index is 11.8. The van der Waals surface area contributed by atoms with Gasteiger partial charge in [-0.2, -0.15) is 0 Å². The molecule has 1 nitrogen and oxygen atoms in total. The average molecular weight is 178 g/mol. The molecule has 72 valence electrons. The van der Waals surface area contributed by atoms with E-state index in [-0.39, 0.29) is 5.41 Å². The molecular weight excluding hydrogens is 160 g/mol. The molecule has 0 bridgehead atoms. The Kier molecular flexibility index (Phi) is 2.27. The molecule has 1 unspecified atom stereocenters. The number of ketones is 1. The van der Waals surface area contributed by atoms with Crippen LogP contribution >= 0.6 is 0 Å². The second-order valence-electron chi connectivity index (χ2n) is 4.58. The molecule has 0 amide bonds. The van der Waals surface area contributed by atoms with Gasteiger partial charge in [-0.15, -0.1) is 0 Å². The summed E-state index contributed by atoms with van der Waals surface area (Å²) in [7, 11) is 0. The van der Waals surface area contributed by atoms with E-state index in [1.807, 2.05) is 0 Å². The van der Waals surface area contributed by atoms with Crippen LogP contribution in [0, 0.1) is 5.41 Å². The van der Waals surface area contributed by atoms with Crippen LogP contribution in [0.3, 0.4) is 0 Å². The third-order valence-corrected chi connectivity index (χ3v) is 3.70. The minimum absolute atomic E-state index is 0.0551. The molecule has 0 heterocycles. The summed E-state index contributed by atoms with van der Waals surface area (Å²) >= 11 is 0. The fourth-order valence-corrected chi connectivity index (χ4v) is 2.70. The Morgan fingerprint density at radius 2 is 2.08 bits per heavy atom. The minimum atomic E-state index is -0.0551. The Hall–Kier alpha value is -0.590. The molecule has 0 aromatic rings. The Balaban J connectivity index is 2.22. The number of allylic oxidation sites excluding steroid dienone is 2. The van der Waals surface area contributed by atoms with Gasteiger partial charge in [0.2, 0.25) is 0 Å². The van der Waals surface area contributed by atoms with Crippen molar-refractivity contribution in [1.82, 2.24) is 0 Å². The van der Waals surface area contributed by atoms with Crippen molar-refractivity contribution in [2.45, 2.75) is 51.9 Å². The fraction of sp³-hybridized carbons (Fsp3) is 0.750. The summed E-state index contributed by atoms with van der Waals surface area (Å²) in [6, 6.07) is 0. The van der Waals surface area contributed by atoms with Gasteiger partial charge in [-0.1, -0.05) is 11.6 Å². The zero-order valence-corrected chi connectivity index (χ0v) is 8.44. The van der Waals surface area contributed by atoms with Gasteiger partial charge in [-0.25, -0.2) is 0 Å². The molecule has 1 atom stereocenters. The van der Waals surface area contributed by atoms with E-state index < -0.39 is 0 Å². The second kappa shape index (κ2) is 3.28. The minimum Gasteiger partial charge on any atom is -0.299 e. The highest BCUT2D eigenvalue weighted by atomic mass is 16.1. The van der Waals surface area contributed by atoms with Gasteiger partial charge >= 0.3 is 0 Å². The van der Waals surface area contributed by atoms with Crippen molar-refractivity contribution >= 4 is 5.78 Å². The van der Waals surface area contributed by atoms with E-state index in [1.165, 1.54) is 31.3 Å². The second-order valence-corrected chi connectivity index (χ2v) is 4.58. The number of hydrogen-bond acceptors (Lipinski definition) is 1. The maximum Gasteiger partial charge on any atom is 0.142 e. The molecule has 0 saturated heterocycles. The van der Waals surface area contributed by atoms with Crippen molar-refractivity contribution in [3.63, 3.8) is 0 Å². The first-order valence-corrected chi connectivity index (χ1v) is 5.46. The van der Waals surface area contributed by atoms with Crippen LogP contribution in [0.25, 0.3) is 0 Å². The predicted molar refractivity (Wildman–Crippen MR) is 53.5 cm³/mol. The monoisotopic (exact) mass is 178 g/mol. The van der Waals surface area contributed by atoms with E-state index in [0.717, 1.165) is 19.3 Å². The largest absolute Gasteiger partial charge is 0.299 e. The highest BCUT2D eigenvalue weighted by molar-refractivity contribution is 5.89. The first-order chi connectivity index (χ1) is 6.23. The Bertz CT molecular complexity index is 252. The number of carbonyl (C=O) groups excluding carboxylic acids is 1. The first kappa shape index (κ1) is 8.98. The van der Waals surface area contributed by atoms with Crippen molar-refractivity contribution in [1.29, 1.82) is 0 Å². The van der Waals surface area contributed by atoms with Gasteiger partial charge < -0.3 is 0 Å². The third kappa shape index (κ3) is 1.45. The summed E-state index contributed by atoms with van der Waals surface area (Å²) < 4.78 is 0. The van der Waals surface area contributed by atoms with Gasteiger partial charge in [0.05, 0.1) is 0 Å². The molecule has 1 heteroatoms. The van der Waals surface area contributed by atoms with E-state index in [4.69, 9.17) is 0 Å². The lowest BCUT2D eigenvalue weighted by molar-refractivity contribution is -0.123. The van der Waals surface area contributed by atoms with Gasteiger partial charge in [0, 0.05) is 11.8 Å². The van der Waals surface area contributed by atoms with Gasteiger partial charge in [-0.05, 0) is 45.4 Å². The van der Waals surface area contributed by atoms with Crippen LogP contribution in [0.4, 0.5) is 0 Å². The summed E-state index contributed by atoms with van der Waals surface area (Å²) in [5, 5.41) is 0. The SMILES string of the molecule is CC1(C2=CCCCC2)CCCC1=O. The Morgan fingerprint density at radius 1 is 1.23 bits per heavy atom. The molecule has 1 fully saturated rings. The lowest BCUT2D eigenvalue weighted by Crippen LogP contribution is -2.25. The van der Waals surface area contributed by atoms with Crippen LogP contribution in [0.15, 0.2) is 11.6 Å². The molecule has 2 aliphatic carbocycles. The number of Topliss-reactive ketones (excluding diaryl/α,β-unsaturated/α-hetero) is 1. The molecule has 0 spiro atoms. The molecule has 0 N–H and O–H groups in total. The van der Waals surface area contributed by atoms with Gasteiger partial charge in [0.25, 0.3) is 0 Å². The summed E-state index contributed by atoms with van der Waals surface area (Å²) in [5.74, 6) is 0.487. The predicted octanol–water partition coefficient (Wildman–Crippen LogP) is 3.25. The molecule has 0 aliphatic heterocycles. The highest BCUT2D eigenvalue weighted by Crippen LogP contribution is 2.44. The van der Waals surface area contributed by atoms with Crippen LogP contribution in [-0.2, 0) is 4.79 Å². The Labute approximate surface area is 80.2 Å². The topological polar surface area (TPSA) is 17.1 Å². The van der Waals surface area contributed by atoms with E-state index >= 15 is 0 Å². The quantitative estimate of drug-likeness (QED) is 0.563. The van der Waals surface area contributed by atoms with Gasteiger partial charge in [0.1, 0.15) is 5.78 Å². The summed E-state index contributed by atoms with van der Waals surface area (Å²) in [4.78, 5) is 11.8. The van der Waals surface area contributed by atoms with Crippen LogP contribution in [0.2, 0.25) is 0 Å². The van der Waals surface area contributed by atoms with Crippen molar-refractivity contribution in [2.75, 3.05) is 0 Å². The average Bonchev–Trinajstić information content (AvgIpc) is 2.50. The normalized spacial score (nSPS) is 34.8. The molecule has 2 rings (SSSR count). The molecule has 1 saturated carbocycles. The first-order valence-electron chi connectivity index (χ1n) is 5.46. The highest BCUT2D eigenvalue weighted by Gasteiger charge is 2.40. The number of hydrogen-bond donors (Lipinski definition) is 0. The molecule has 0 aromatic carbocycles. The standard InChI is InChI=1S/C12H18O/c1-12(9-5-8-11(12)13)10-6-3-2-4-7-10/h6H,2-5,7-9H2,1H3. The maximum atomic E-state index is 11.8. The van der Waals surface area contributed by atoms with Gasteiger partial charge in [-0.3, -0.25) is 4.79 Å². The van der Waals surface area contributed by atoms with Crippen LogP contribution < -0.4 is 0 Å². The zero-order chi connectivity index (χ0) is 9.31. The number of rotatable bonds is 1. The third-order valence-electron chi connectivity index (χ3n) is 3.70. The summed E-state index contributed by atoms with van der Waals surface area (Å²) in [6.07, 6.45) is 10.3. The lowest BCUT2D eigenvalue weighted by atomic mass is 9.75. The van der Waals surface area contributed by atoms with Crippen molar-refractivity contribution in [2.24, 2.45) is 5.41 Å². The molecule has 0 radical (unpaired) electrons. The van der Waals surface area contributed by atoms with Gasteiger partial charge in [0.15, 0.2) is 0 Å². The smallest absolute Gasteiger partial charge is 0.142 e. The molecule has 2 aliphatic rings. The summed E-state index contributed by atoms with van der Waals surface area (Å²) in [5.41, 5.74) is 1.39. The van der Waals surface area contributed by atoms with Crippen LogP contribution in [0.5, 0.6) is 0 Å². The van der Waals surface area contributed by atoms with E-state index in [0.29, 0.717) is 5.78 Å². The number of carbonyl (C=O) groups is 1. The zero-order valence-electron chi connectivity index (χ0n) is 8.44.